The summed E-state index contributed by atoms with van der Waals surface area (Å²) in [7, 11) is 0. The van der Waals surface area contributed by atoms with Crippen LogP contribution in [0.1, 0.15) is 36.2 Å². The third kappa shape index (κ3) is 6.59. The van der Waals surface area contributed by atoms with Gasteiger partial charge in [0.2, 0.25) is 0 Å². The molecule has 5 rings (SSSR count). The number of imidazole rings is 1. The maximum Gasteiger partial charge on any atom is 0.317 e. The highest BCUT2D eigenvalue weighted by Crippen LogP contribution is 2.27. The molecule has 10 heteroatoms. The summed E-state index contributed by atoms with van der Waals surface area (Å²) in [6.07, 6.45) is 5.35. The fraction of sp³-hybridized carbons (Fsp3) is 0.300. The number of benzene rings is 2. The van der Waals surface area contributed by atoms with Crippen molar-refractivity contribution in [3.8, 4) is 17.0 Å². The molecule has 2 aromatic heterocycles. The summed E-state index contributed by atoms with van der Waals surface area (Å²) in [5.74, 6) is 0.278. The van der Waals surface area contributed by atoms with Crippen molar-refractivity contribution in [1.82, 2.24) is 24.9 Å². The number of pyridine rings is 1. The quantitative estimate of drug-likeness (QED) is 0.241. The lowest BCUT2D eigenvalue weighted by Crippen LogP contribution is -2.52. The first-order valence-corrected chi connectivity index (χ1v) is 14.5. The highest BCUT2D eigenvalue weighted by Gasteiger charge is 2.24. The highest BCUT2D eigenvalue weighted by atomic mass is 79.9. The van der Waals surface area contributed by atoms with Gasteiger partial charge in [-0.2, -0.15) is 0 Å². The second kappa shape index (κ2) is 12.3. The Hall–Kier alpha value is -3.56. The van der Waals surface area contributed by atoms with E-state index < -0.39 is 0 Å². The summed E-state index contributed by atoms with van der Waals surface area (Å²) in [4.78, 5) is 32.2. The third-order valence-electron chi connectivity index (χ3n) is 6.67. The molecule has 2 aromatic carbocycles. The van der Waals surface area contributed by atoms with Crippen LogP contribution in [-0.2, 0) is 6.42 Å². The minimum absolute atomic E-state index is 0.0294. The van der Waals surface area contributed by atoms with E-state index in [4.69, 9.17) is 21.3 Å². The number of carbonyl (C=O) groups is 2. The summed E-state index contributed by atoms with van der Waals surface area (Å²) in [5.41, 5.74) is 4.19. The molecule has 0 radical (unpaired) electrons. The molecule has 1 saturated heterocycles. The van der Waals surface area contributed by atoms with Gasteiger partial charge in [-0.3, -0.25) is 4.79 Å². The molecule has 0 spiro atoms. The van der Waals surface area contributed by atoms with Crippen LogP contribution >= 0.6 is 27.5 Å². The van der Waals surface area contributed by atoms with E-state index in [0.717, 1.165) is 33.4 Å². The van der Waals surface area contributed by atoms with Crippen molar-refractivity contribution in [1.29, 1.82) is 0 Å². The first-order valence-electron chi connectivity index (χ1n) is 13.3. The minimum Gasteiger partial charge on any atom is -0.489 e. The smallest absolute Gasteiger partial charge is 0.317 e. The van der Waals surface area contributed by atoms with E-state index in [0.29, 0.717) is 42.4 Å². The van der Waals surface area contributed by atoms with Gasteiger partial charge in [-0.05, 0) is 78.5 Å². The number of urea groups is 1. The summed E-state index contributed by atoms with van der Waals surface area (Å²) in [6, 6.07) is 16.7. The fourth-order valence-corrected chi connectivity index (χ4v) is 5.43. The standard InChI is InChI=1S/C30H31BrClN5O3/c1-19(2)40-27-11-10-22(16-25(27)32)29(38)34-23(17-37-14-4-12-33-30(37)39)15-20-6-8-21(9-7-20)26-18-36-13-3-5-24(31)28(36)35-26/h3,5-11,13,16,18-19,23H,4,12,14-15,17H2,1-2H3,(H,33,39)(H,34,38)/t23-/m0/s1. The Kier molecular flexibility index (Phi) is 8.61. The fourth-order valence-electron chi connectivity index (χ4n) is 4.75. The Labute approximate surface area is 246 Å². The summed E-state index contributed by atoms with van der Waals surface area (Å²) < 4.78 is 8.61. The first kappa shape index (κ1) is 28.0. The van der Waals surface area contributed by atoms with E-state index in [1.807, 2.05) is 67.0 Å². The molecule has 8 nitrogen and oxygen atoms in total. The normalized spacial score (nSPS) is 14.3. The molecule has 1 aliphatic rings. The molecule has 0 bridgehead atoms. The SMILES string of the molecule is CC(C)Oc1ccc(C(=O)N[C@@H](Cc2ccc(-c3cn4cccc(Br)c4n3)cc2)CN2CCCNC2=O)cc1Cl. The van der Waals surface area contributed by atoms with Crippen LogP contribution in [0.15, 0.2) is 71.5 Å². The number of hydrogen-bond donors (Lipinski definition) is 2. The van der Waals surface area contributed by atoms with Crippen molar-refractivity contribution < 1.29 is 14.3 Å². The van der Waals surface area contributed by atoms with Crippen molar-refractivity contribution in [3.63, 3.8) is 0 Å². The lowest BCUT2D eigenvalue weighted by Gasteiger charge is -2.31. The number of nitrogens with one attached hydrogen (secondary N) is 2. The lowest BCUT2D eigenvalue weighted by atomic mass is 10.0. The van der Waals surface area contributed by atoms with Crippen molar-refractivity contribution in [2.45, 2.75) is 38.8 Å². The van der Waals surface area contributed by atoms with Crippen LogP contribution < -0.4 is 15.4 Å². The number of rotatable bonds is 9. The molecular formula is C30H31BrClN5O3. The van der Waals surface area contributed by atoms with E-state index in [-0.39, 0.29) is 24.1 Å². The Morgan fingerprint density at radius 1 is 1.20 bits per heavy atom. The molecule has 40 heavy (non-hydrogen) atoms. The predicted molar refractivity (Wildman–Crippen MR) is 160 cm³/mol. The largest absolute Gasteiger partial charge is 0.489 e. The molecule has 208 valence electrons. The monoisotopic (exact) mass is 623 g/mol. The zero-order valence-corrected chi connectivity index (χ0v) is 24.7. The summed E-state index contributed by atoms with van der Waals surface area (Å²) in [6.45, 7) is 5.54. The van der Waals surface area contributed by atoms with Crippen LogP contribution in [0.5, 0.6) is 5.75 Å². The van der Waals surface area contributed by atoms with Gasteiger partial charge in [0.25, 0.3) is 5.91 Å². The molecule has 0 unspecified atom stereocenters. The maximum atomic E-state index is 13.3. The van der Waals surface area contributed by atoms with Gasteiger partial charge >= 0.3 is 6.03 Å². The molecule has 1 aliphatic heterocycles. The Morgan fingerprint density at radius 2 is 2.00 bits per heavy atom. The molecule has 4 aromatic rings. The number of halogens is 2. The lowest BCUT2D eigenvalue weighted by molar-refractivity contribution is 0.0924. The van der Waals surface area contributed by atoms with E-state index in [2.05, 4.69) is 26.6 Å². The molecule has 2 N–H and O–H groups in total. The van der Waals surface area contributed by atoms with Crippen LogP contribution in [0.2, 0.25) is 5.02 Å². The van der Waals surface area contributed by atoms with Crippen LogP contribution in [0, 0.1) is 0 Å². The minimum atomic E-state index is -0.307. The van der Waals surface area contributed by atoms with E-state index in [9.17, 15) is 9.59 Å². The van der Waals surface area contributed by atoms with Gasteiger partial charge in [0.05, 0.1) is 27.3 Å². The van der Waals surface area contributed by atoms with Gasteiger partial charge in [0.15, 0.2) is 5.65 Å². The number of ether oxygens (including phenoxy) is 1. The van der Waals surface area contributed by atoms with Gasteiger partial charge in [-0.1, -0.05) is 35.9 Å². The number of carbonyl (C=O) groups excluding carboxylic acids is 2. The Morgan fingerprint density at radius 3 is 2.70 bits per heavy atom. The Bertz CT molecular complexity index is 1520. The maximum absolute atomic E-state index is 13.3. The van der Waals surface area contributed by atoms with E-state index in [1.54, 1.807) is 23.1 Å². The second-order valence-corrected chi connectivity index (χ2v) is 11.4. The molecule has 1 fully saturated rings. The van der Waals surface area contributed by atoms with Crippen molar-refractivity contribution >= 4 is 45.1 Å². The topological polar surface area (TPSA) is 88.0 Å². The van der Waals surface area contributed by atoms with Gasteiger partial charge in [0.1, 0.15) is 5.75 Å². The molecule has 1 atom stereocenters. The number of aromatic nitrogens is 2. The van der Waals surface area contributed by atoms with Crippen LogP contribution in [0.4, 0.5) is 4.79 Å². The molecule has 0 saturated carbocycles. The van der Waals surface area contributed by atoms with Gasteiger partial charge < -0.3 is 24.7 Å². The number of fused-ring (bicyclic) bond motifs is 1. The van der Waals surface area contributed by atoms with Gasteiger partial charge in [-0.25, -0.2) is 9.78 Å². The predicted octanol–water partition coefficient (Wildman–Crippen LogP) is 5.96. The Balaban J connectivity index is 1.33. The summed E-state index contributed by atoms with van der Waals surface area (Å²) in [5, 5.41) is 6.39. The molecule has 3 heterocycles. The van der Waals surface area contributed by atoms with Gasteiger partial charge in [-0.15, -0.1) is 0 Å². The zero-order valence-electron chi connectivity index (χ0n) is 22.4. The van der Waals surface area contributed by atoms with E-state index in [1.165, 1.54) is 0 Å². The van der Waals surface area contributed by atoms with Crippen LogP contribution in [0.25, 0.3) is 16.9 Å². The average Bonchev–Trinajstić information content (AvgIpc) is 3.37. The van der Waals surface area contributed by atoms with Crippen molar-refractivity contribution in [3.05, 3.63) is 87.6 Å². The van der Waals surface area contributed by atoms with Crippen molar-refractivity contribution in [2.75, 3.05) is 19.6 Å². The first-order chi connectivity index (χ1) is 19.3. The third-order valence-corrected chi connectivity index (χ3v) is 7.58. The average molecular weight is 625 g/mol. The number of nitrogens with zero attached hydrogens (tertiary/aromatic N) is 3. The van der Waals surface area contributed by atoms with Crippen LogP contribution in [0.3, 0.4) is 0 Å². The second-order valence-electron chi connectivity index (χ2n) is 10.1. The van der Waals surface area contributed by atoms with E-state index >= 15 is 0 Å². The zero-order chi connectivity index (χ0) is 28.2. The van der Waals surface area contributed by atoms with Crippen LogP contribution in [-0.4, -0.2) is 58.0 Å². The molecular weight excluding hydrogens is 594 g/mol. The van der Waals surface area contributed by atoms with Crippen molar-refractivity contribution in [2.24, 2.45) is 0 Å². The number of amides is 3. The summed E-state index contributed by atoms with van der Waals surface area (Å²) >= 11 is 9.94. The highest BCUT2D eigenvalue weighted by molar-refractivity contribution is 9.10. The number of hydrogen-bond acceptors (Lipinski definition) is 4. The molecule has 3 amide bonds. The van der Waals surface area contributed by atoms with Gasteiger partial charge in [0, 0.05) is 43.2 Å². The molecule has 0 aliphatic carbocycles.